The molecule has 0 spiro atoms. The van der Waals surface area contributed by atoms with Crippen LogP contribution in [0.2, 0.25) is 0 Å². The fraction of sp³-hybridized carbons (Fsp3) is 0.450. The third-order valence-electron chi connectivity index (χ3n) is 4.78. The summed E-state index contributed by atoms with van der Waals surface area (Å²) in [7, 11) is 0. The van der Waals surface area contributed by atoms with Crippen LogP contribution in [0.4, 0.5) is 4.79 Å². The molecule has 25 heavy (non-hydrogen) atoms. The van der Waals surface area contributed by atoms with E-state index in [0.717, 1.165) is 42.1 Å². The van der Waals surface area contributed by atoms with Gasteiger partial charge in [0.25, 0.3) is 0 Å². The van der Waals surface area contributed by atoms with Crippen LogP contribution >= 0.6 is 0 Å². The van der Waals surface area contributed by atoms with Gasteiger partial charge in [-0.3, -0.25) is 0 Å². The fourth-order valence-corrected chi connectivity index (χ4v) is 3.35. The molecule has 1 atom stereocenters. The van der Waals surface area contributed by atoms with Gasteiger partial charge in [-0.1, -0.05) is 17.7 Å². The van der Waals surface area contributed by atoms with Crippen LogP contribution in [0.25, 0.3) is 5.69 Å². The molecule has 1 saturated heterocycles. The third-order valence-corrected chi connectivity index (χ3v) is 4.78. The monoisotopic (exact) mass is 341 g/mol. The van der Waals surface area contributed by atoms with Crippen LogP contribution in [0.1, 0.15) is 35.4 Å². The van der Waals surface area contributed by atoms with Crippen LogP contribution in [0.15, 0.2) is 30.3 Å². The number of rotatable bonds is 5. The Balaban J connectivity index is 1.60. The lowest BCUT2D eigenvalue weighted by molar-refractivity contribution is 0.111. The van der Waals surface area contributed by atoms with Crippen molar-refractivity contribution in [3.05, 3.63) is 52.8 Å². The zero-order chi connectivity index (χ0) is 17.8. The molecule has 3 rings (SSSR count). The number of benzene rings is 1. The number of hydrogen-bond acceptors (Lipinski definition) is 2. The maximum atomic E-state index is 12.0. The maximum absolute atomic E-state index is 12.0. The molecule has 1 unspecified atom stereocenters. The van der Waals surface area contributed by atoms with Gasteiger partial charge in [-0.25, -0.2) is 4.79 Å². The summed E-state index contributed by atoms with van der Waals surface area (Å²) in [5.74, 6) is 0. The molecule has 1 fully saturated rings. The molecule has 1 aromatic carbocycles. The van der Waals surface area contributed by atoms with Gasteiger partial charge in [0.2, 0.25) is 0 Å². The van der Waals surface area contributed by atoms with E-state index in [2.05, 4.69) is 66.3 Å². The van der Waals surface area contributed by atoms with Gasteiger partial charge >= 0.3 is 6.03 Å². The maximum Gasteiger partial charge on any atom is 0.315 e. The van der Waals surface area contributed by atoms with Crippen LogP contribution in [0.3, 0.4) is 0 Å². The molecule has 0 saturated carbocycles. The Hall–Kier alpha value is -2.27. The lowest BCUT2D eigenvalue weighted by Crippen LogP contribution is -2.39. The lowest BCUT2D eigenvalue weighted by atomic mass is 10.2. The van der Waals surface area contributed by atoms with E-state index >= 15 is 0 Å². The summed E-state index contributed by atoms with van der Waals surface area (Å²) >= 11 is 0. The molecule has 5 heteroatoms. The summed E-state index contributed by atoms with van der Waals surface area (Å²) in [6.07, 6.45) is 2.27. The summed E-state index contributed by atoms with van der Waals surface area (Å²) in [4.78, 5) is 12.0. The molecule has 2 amide bonds. The first kappa shape index (κ1) is 17.5. The summed E-state index contributed by atoms with van der Waals surface area (Å²) in [6.45, 7) is 8.17. The Bertz CT molecular complexity index is 728. The number of aromatic nitrogens is 1. The van der Waals surface area contributed by atoms with E-state index in [4.69, 9.17) is 4.74 Å². The second-order valence-corrected chi connectivity index (χ2v) is 6.77. The van der Waals surface area contributed by atoms with Gasteiger partial charge in [0.05, 0.1) is 6.10 Å². The minimum atomic E-state index is -0.143. The van der Waals surface area contributed by atoms with E-state index in [1.54, 1.807) is 0 Å². The number of ether oxygens (including phenoxy) is 1. The van der Waals surface area contributed by atoms with E-state index in [0.29, 0.717) is 13.1 Å². The van der Waals surface area contributed by atoms with Crippen molar-refractivity contribution in [2.45, 2.75) is 46.3 Å². The number of amides is 2. The van der Waals surface area contributed by atoms with E-state index < -0.39 is 0 Å². The van der Waals surface area contributed by atoms with Gasteiger partial charge in [0.1, 0.15) is 0 Å². The summed E-state index contributed by atoms with van der Waals surface area (Å²) in [5.41, 5.74) is 5.84. The number of aryl methyl sites for hydroxylation is 2. The first-order chi connectivity index (χ1) is 12.0. The number of urea groups is 1. The van der Waals surface area contributed by atoms with E-state index in [1.165, 1.54) is 5.56 Å². The molecule has 1 aliphatic rings. The minimum absolute atomic E-state index is 0.143. The zero-order valence-electron chi connectivity index (χ0n) is 15.3. The Morgan fingerprint density at radius 1 is 1.20 bits per heavy atom. The van der Waals surface area contributed by atoms with Crippen LogP contribution in [-0.2, 0) is 11.3 Å². The molecule has 2 N–H and O–H groups in total. The van der Waals surface area contributed by atoms with Crippen molar-refractivity contribution in [3.8, 4) is 5.69 Å². The standard InChI is InChI=1S/C20H27N3O2/c1-14-6-8-18(9-7-14)23-15(2)11-17(16(23)3)12-21-20(24)22-13-19-5-4-10-25-19/h6-9,11,19H,4-5,10,12-13H2,1-3H3,(H2,21,22,24). The smallest absolute Gasteiger partial charge is 0.315 e. The number of hydrogen-bond donors (Lipinski definition) is 2. The summed E-state index contributed by atoms with van der Waals surface area (Å²) < 4.78 is 7.74. The molecular formula is C20H27N3O2. The highest BCUT2D eigenvalue weighted by molar-refractivity contribution is 5.73. The molecule has 2 heterocycles. The van der Waals surface area contributed by atoms with Gasteiger partial charge in [0.15, 0.2) is 0 Å². The Labute approximate surface area is 149 Å². The van der Waals surface area contributed by atoms with Crippen LogP contribution in [0, 0.1) is 20.8 Å². The van der Waals surface area contributed by atoms with Gasteiger partial charge in [-0.2, -0.15) is 0 Å². The highest BCUT2D eigenvalue weighted by Crippen LogP contribution is 2.21. The number of carbonyl (C=O) groups excluding carboxylic acids is 1. The van der Waals surface area contributed by atoms with Crippen LogP contribution < -0.4 is 10.6 Å². The Morgan fingerprint density at radius 2 is 1.96 bits per heavy atom. The molecule has 1 aromatic heterocycles. The Morgan fingerprint density at radius 3 is 2.64 bits per heavy atom. The van der Waals surface area contributed by atoms with Gasteiger partial charge in [0, 0.05) is 36.8 Å². The molecule has 2 aromatic rings. The molecule has 0 aliphatic carbocycles. The predicted molar refractivity (Wildman–Crippen MR) is 99.2 cm³/mol. The molecule has 134 valence electrons. The van der Waals surface area contributed by atoms with E-state index in [1.807, 2.05) is 0 Å². The third kappa shape index (κ3) is 4.23. The minimum Gasteiger partial charge on any atom is -0.376 e. The highest BCUT2D eigenvalue weighted by atomic mass is 16.5. The van der Waals surface area contributed by atoms with Crippen molar-refractivity contribution in [1.82, 2.24) is 15.2 Å². The second kappa shape index (κ2) is 7.74. The average Bonchev–Trinajstić information content (AvgIpc) is 3.20. The zero-order valence-corrected chi connectivity index (χ0v) is 15.3. The number of nitrogens with zero attached hydrogens (tertiary/aromatic N) is 1. The highest BCUT2D eigenvalue weighted by Gasteiger charge is 2.16. The van der Waals surface area contributed by atoms with Crippen molar-refractivity contribution < 1.29 is 9.53 Å². The molecule has 1 aliphatic heterocycles. The van der Waals surface area contributed by atoms with Crippen molar-refractivity contribution in [3.63, 3.8) is 0 Å². The predicted octanol–water partition coefficient (Wildman–Crippen LogP) is 3.38. The first-order valence-electron chi connectivity index (χ1n) is 8.93. The quantitative estimate of drug-likeness (QED) is 0.876. The molecule has 0 bridgehead atoms. The van der Waals surface area contributed by atoms with Crippen LogP contribution in [-0.4, -0.2) is 29.9 Å². The normalized spacial score (nSPS) is 16.8. The van der Waals surface area contributed by atoms with Gasteiger partial charge in [-0.15, -0.1) is 0 Å². The second-order valence-electron chi connectivity index (χ2n) is 6.77. The largest absolute Gasteiger partial charge is 0.376 e. The number of carbonyl (C=O) groups is 1. The van der Waals surface area contributed by atoms with Gasteiger partial charge in [-0.05, 0) is 57.4 Å². The molecule has 5 nitrogen and oxygen atoms in total. The lowest BCUT2D eigenvalue weighted by Gasteiger charge is -2.12. The Kier molecular flexibility index (Phi) is 5.43. The molecule has 0 radical (unpaired) electrons. The SMILES string of the molecule is Cc1ccc(-n2c(C)cc(CNC(=O)NCC3CCCO3)c2C)cc1. The van der Waals surface area contributed by atoms with E-state index in [9.17, 15) is 4.79 Å². The first-order valence-corrected chi connectivity index (χ1v) is 8.93. The number of nitrogens with one attached hydrogen (secondary N) is 2. The molecular weight excluding hydrogens is 314 g/mol. The summed E-state index contributed by atoms with van der Waals surface area (Å²) in [5, 5.41) is 5.84. The van der Waals surface area contributed by atoms with Crippen molar-refractivity contribution >= 4 is 6.03 Å². The van der Waals surface area contributed by atoms with Crippen molar-refractivity contribution in [2.24, 2.45) is 0 Å². The average molecular weight is 341 g/mol. The summed E-state index contributed by atoms with van der Waals surface area (Å²) in [6, 6.07) is 10.5. The van der Waals surface area contributed by atoms with E-state index in [-0.39, 0.29) is 12.1 Å². The van der Waals surface area contributed by atoms with Crippen LogP contribution in [0.5, 0.6) is 0 Å². The van der Waals surface area contributed by atoms with Crippen molar-refractivity contribution in [2.75, 3.05) is 13.2 Å². The van der Waals surface area contributed by atoms with Crippen molar-refractivity contribution in [1.29, 1.82) is 0 Å². The van der Waals surface area contributed by atoms with Gasteiger partial charge < -0.3 is 19.9 Å². The topological polar surface area (TPSA) is 55.3 Å². The fourth-order valence-electron chi connectivity index (χ4n) is 3.35.